The minimum atomic E-state index is -4.64. The molecule has 0 aliphatic rings. The Morgan fingerprint density at radius 1 is 1.00 bits per heavy atom. The molecule has 2 aromatic heterocycles. The fourth-order valence-corrected chi connectivity index (χ4v) is 3.93. The Morgan fingerprint density at radius 3 is 2.38 bits per heavy atom. The number of nitrogens with one attached hydrogen (secondary N) is 2. The van der Waals surface area contributed by atoms with Crippen molar-refractivity contribution in [1.82, 2.24) is 19.7 Å². The van der Waals surface area contributed by atoms with E-state index in [-0.39, 0.29) is 16.9 Å². The van der Waals surface area contributed by atoms with E-state index >= 15 is 0 Å². The van der Waals surface area contributed by atoms with Gasteiger partial charge >= 0.3 is 12.1 Å². The average molecular weight is 505 g/mol. The summed E-state index contributed by atoms with van der Waals surface area (Å²) in [5, 5.41) is 18.8. The predicted molar refractivity (Wildman–Crippen MR) is 130 cm³/mol. The number of carbonyl (C=O) groups is 2. The van der Waals surface area contributed by atoms with E-state index in [1.165, 1.54) is 17.0 Å². The number of imidazole rings is 1. The Hall–Kier alpha value is -4.93. The molecule has 0 radical (unpaired) electrons. The van der Waals surface area contributed by atoms with Gasteiger partial charge in [0.2, 0.25) is 0 Å². The molecule has 186 valence electrons. The van der Waals surface area contributed by atoms with Crippen LogP contribution in [0, 0.1) is 6.92 Å². The number of aromatic nitrogens is 4. The molecule has 0 saturated carbocycles. The van der Waals surface area contributed by atoms with Crippen LogP contribution in [0.3, 0.4) is 0 Å². The fraction of sp³-hybridized carbons (Fsp3) is 0.0769. The first-order chi connectivity index (χ1) is 17.6. The topological polar surface area (TPSA) is 113 Å². The monoisotopic (exact) mass is 505 g/mol. The number of benzene rings is 3. The quantitative estimate of drug-likeness (QED) is 0.284. The predicted octanol–water partition coefficient (Wildman–Crippen LogP) is 5.69. The molecule has 3 aromatic carbocycles. The highest BCUT2D eigenvalue weighted by atomic mass is 19.4. The van der Waals surface area contributed by atoms with Crippen LogP contribution in [-0.4, -0.2) is 36.7 Å². The van der Waals surface area contributed by atoms with Crippen LogP contribution in [0.2, 0.25) is 0 Å². The molecule has 5 rings (SSSR count). The smallest absolute Gasteiger partial charge is 0.416 e. The number of nitrogens with zero attached hydrogens (tertiary/aromatic N) is 3. The summed E-state index contributed by atoms with van der Waals surface area (Å²) in [6.07, 6.45) is -1.68. The van der Waals surface area contributed by atoms with Gasteiger partial charge in [-0.05, 0) is 60.5 Å². The highest BCUT2D eigenvalue weighted by Crippen LogP contribution is 2.32. The molecule has 37 heavy (non-hydrogen) atoms. The first kappa shape index (κ1) is 23.8. The lowest BCUT2D eigenvalue weighted by atomic mass is 10.0. The third kappa shape index (κ3) is 4.79. The number of rotatable bonds is 5. The van der Waals surface area contributed by atoms with Crippen LogP contribution in [0.4, 0.5) is 18.9 Å². The number of aromatic amines is 1. The summed E-state index contributed by atoms with van der Waals surface area (Å²) in [6.45, 7) is 1.71. The van der Waals surface area contributed by atoms with Crippen LogP contribution in [0.1, 0.15) is 32.1 Å². The van der Waals surface area contributed by atoms with E-state index in [4.69, 9.17) is 0 Å². The summed E-state index contributed by atoms with van der Waals surface area (Å²) in [4.78, 5) is 28.2. The molecular weight excluding hydrogens is 487 g/mol. The van der Waals surface area contributed by atoms with Crippen molar-refractivity contribution in [2.45, 2.75) is 13.1 Å². The number of carbonyl (C=O) groups excluding carboxylic acids is 1. The number of carboxylic acids is 1. The number of hydrogen-bond donors (Lipinski definition) is 3. The fourth-order valence-electron chi connectivity index (χ4n) is 3.93. The summed E-state index contributed by atoms with van der Waals surface area (Å²) in [6, 6.07) is 15.0. The molecule has 1 amide bonds. The maximum absolute atomic E-state index is 13.5. The lowest BCUT2D eigenvalue weighted by Crippen LogP contribution is -2.15. The second-order valence-corrected chi connectivity index (χ2v) is 8.36. The van der Waals surface area contributed by atoms with Crippen LogP contribution in [0.5, 0.6) is 0 Å². The highest BCUT2D eigenvalue weighted by molar-refractivity contribution is 6.05. The van der Waals surface area contributed by atoms with Crippen molar-refractivity contribution in [3.8, 4) is 16.8 Å². The van der Waals surface area contributed by atoms with Crippen LogP contribution in [0.25, 0.3) is 27.7 Å². The van der Waals surface area contributed by atoms with Gasteiger partial charge in [0.05, 0.1) is 23.1 Å². The van der Waals surface area contributed by atoms with Crippen molar-refractivity contribution in [2.24, 2.45) is 0 Å². The van der Waals surface area contributed by atoms with Crippen LogP contribution < -0.4 is 5.32 Å². The van der Waals surface area contributed by atoms with E-state index in [0.29, 0.717) is 22.3 Å². The molecule has 0 unspecified atom stereocenters. The SMILES string of the molecule is Cc1cn(-c2cc(C(=O)Nc3ccc(-c4ccc5c(C(=O)O)n[nH]c5c4)cc3)cc(C(F)(F)F)c2)cn1. The van der Waals surface area contributed by atoms with E-state index in [1.807, 2.05) is 0 Å². The minimum absolute atomic E-state index is 0.0690. The van der Waals surface area contributed by atoms with Gasteiger partial charge in [-0.25, -0.2) is 9.78 Å². The van der Waals surface area contributed by atoms with Gasteiger partial charge in [0, 0.05) is 28.5 Å². The molecule has 0 atom stereocenters. The normalized spacial score (nSPS) is 11.6. The van der Waals surface area contributed by atoms with Gasteiger partial charge in [-0.2, -0.15) is 18.3 Å². The summed E-state index contributed by atoms with van der Waals surface area (Å²) < 4.78 is 42.0. The van der Waals surface area contributed by atoms with Gasteiger partial charge in [-0.1, -0.05) is 18.2 Å². The van der Waals surface area contributed by atoms with E-state index in [0.717, 1.165) is 23.3 Å². The van der Waals surface area contributed by atoms with Crippen molar-refractivity contribution in [3.63, 3.8) is 0 Å². The minimum Gasteiger partial charge on any atom is -0.476 e. The third-order valence-corrected chi connectivity index (χ3v) is 5.76. The first-order valence-electron chi connectivity index (χ1n) is 10.9. The number of halogens is 3. The molecule has 0 saturated heterocycles. The van der Waals surface area contributed by atoms with Gasteiger partial charge in [0.15, 0.2) is 5.69 Å². The molecule has 8 nitrogen and oxygen atoms in total. The number of H-pyrrole nitrogens is 1. The van der Waals surface area contributed by atoms with E-state index in [9.17, 15) is 27.9 Å². The molecule has 2 heterocycles. The third-order valence-electron chi connectivity index (χ3n) is 5.76. The number of fused-ring (bicyclic) bond motifs is 1. The molecular formula is C26H18F3N5O3. The zero-order valence-electron chi connectivity index (χ0n) is 19.2. The van der Waals surface area contributed by atoms with Gasteiger partial charge < -0.3 is 15.0 Å². The number of hydrogen-bond acceptors (Lipinski definition) is 4. The average Bonchev–Trinajstić information content (AvgIpc) is 3.49. The Labute approximate surface area is 207 Å². The molecule has 0 fully saturated rings. The lowest BCUT2D eigenvalue weighted by Gasteiger charge is -2.13. The standard InChI is InChI=1S/C26H18F3N5O3/c1-14-12-34(13-30-14)20-9-17(8-18(11-20)26(27,28)29)24(35)31-19-5-2-15(3-6-19)16-4-7-21-22(10-16)32-33-23(21)25(36)37/h2-13H,1H3,(H,31,35)(H,32,33)(H,36,37). The van der Waals surface area contributed by atoms with Crippen molar-refractivity contribution >= 4 is 28.5 Å². The molecule has 3 N–H and O–H groups in total. The second-order valence-electron chi connectivity index (χ2n) is 8.36. The van der Waals surface area contributed by atoms with E-state index in [2.05, 4.69) is 20.5 Å². The number of alkyl halides is 3. The summed E-state index contributed by atoms with van der Waals surface area (Å²) in [5.74, 6) is -1.83. The van der Waals surface area contributed by atoms with Crippen molar-refractivity contribution < 1.29 is 27.9 Å². The molecule has 5 aromatic rings. The summed E-state index contributed by atoms with van der Waals surface area (Å²) in [7, 11) is 0. The highest BCUT2D eigenvalue weighted by Gasteiger charge is 2.32. The molecule has 0 spiro atoms. The van der Waals surface area contributed by atoms with Gasteiger partial charge in [0.1, 0.15) is 0 Å². The maximum atomic E-state index is 13.5. The van der Waals surface area contributed by atoms with E-state index in [1.54, 1.807) is 55.6 Å². The number of aromatic carboxylic acids is 1. The zero-order valence-corrected chi connectivity index (χ0v) is 19.2. The Bertz CT molecular complexity index is 1650. The maximum Gasteiger partial charge on any atom is 0.416 e. The van der Waals surface area contributed by atoms with Crippen LogP contribution in [0.15, 0.2) is 73.2 Å². The van der Waals surface area contributed by atoms with Crippen molar-refractivity contribution in [1.29, 1.82) is 0 Å². The second kappa shape index (κ2) is 8.94. The Morgan fingerprint density at radius 2 is 1.73 bits per heavy atom. The lowest BCUT2D eigenvalue weighted by molar-refractivity contribution is -0.137. The van der Waals surface area contributed by atoms with Gasteiger partial charge in [-0.15, -0.1) is 0 Å². The molecule has 0 aliphatic carbocycles. The molecule has 0 bridgehead atoms. The van der Waals surface area contributed by atoms with Crippen molar-refractivity contribution in [2.75, 3.05) is 5.32 Å². The number of anilines is 1. The number of amides is 1. The van der Waals surface area contributed by atoms with E-state index < -0.39 is 23.6 Å². The van der Waals surface area contributed by atoms with Crippen LogP contribution in [-0.2, 0) is 6.18 Å². The molecule has 11 heteroatoms. The van der Waals surface area contributed by atoms with Crippen LogP contribution >= 0.6 is 0 Å². The zero-order chi connectivity index (χ0) is 26.3. The summed E-state index contributed by atoms with van der Waals surface area (Å²) in [5.41, 5.74) is 2.13. The largest absolute Gasteiger partial charge is 0.476 e. The van der Waals surface area contributed by atoms with Crippen molar-refractivity contribution in [3.05, 3.63) is 95.7 Å². The molecule has 0 aliphatic heterocycles. The van der Waals surface area contributed by atoms with Gasteiger partial charge in [-0.3, -0.25) is 9.89 Å². The summed E-state index contributed by atoms with van der Waals surface area (Å²) >= 11 is 0. The number of carboxylic acid groups (broad SMARTS) is 1. The number of aryl methyl sites for hydroxylation is 1. The Balaban J connectivity index is 1.39. The van der Waals surface area contributed by atoms with Gasteiger partial charge in [0.25, 0.3) is 5.91 Å². The first-order valence-corrected chi connectivity index (χ1v) is 10.9. The Kier molecular flexibility index (Phi) is 5.75.